The quantitative estimate of drug-likeness (QED) is 0.872. The number of nitrogens with zero attached hydrogens (tertiary/aromatic N) is 2. The summed E-state index contributed by atoms with van der Waals surface area (Å²) in [5.41, 5.74) is 1.36. The van der Waals surface area contributed by atoms with Gasteiger partial charge in [-0.05, 0) is 24.6 Å². The number of nitriles is 1. The van der Waals surface area contributed by atoms with Crippen LogP contribution in [-0.2, 0) is 11.3 Å². The molecule has 0 spiro atoms. The van der Waals surface area contributed by atoms with Crippen molar-refractivity contribution in [1.82, 2.24) is 10.2 Å². The zero-order valence-electron chi connectivity index (χ0n) is 12.9. The van der Waals surface area contributed by atoms with Crippen LogP contribution >= 0.6 is 0 Å². The Morgan fingerprint density at radius 3 is 2.52 bits per heavy atom. The van der Waals surface area contributed by atoms with E-state index in [0.717, 1.165) is 5.56 Å². The van der Waals surface area contributed by atoms with Crippen molar-refractivity contribution >= 4 is 6.03 Å². The van der Waals surface area contributed by atoms with Gasteiger partial charge in [0.2, 0.25) is 0 Å². The lowest BCUT2D eigenvalue weighted by molar-refractivity contribution is -0.174. The van der Waals surface area contributed by atoms with Crippen LogP contribution in [-0.4, -0.2) is 43.4 Å². The molecule has 8 heteroatoms. The summed E-state index contributed by atoms with van der Waals surface area (Å²) in [5.74, 6) is 0. The second-order valence-electron chi connectivity index (χ2n) is 5.15. The number of alkyl halides is 3. The van der Waals surface area contributed by atoms with Crippen molar-refractivity contribution in [1.29, 1.82) is 5.26 Å². The Hall–Kier alpha value is -2.27. The van der Waals surface area contributed by atoms with Crippen molar-refractivity contribution in [3.05, 3.63) is 35.4 Å². The molecule has 0 bridgehead atoms. The first-order chi connectivity index (χ1) is 10.7. The molecule has 23 heavy (non-hydrogen) atoms. The zero-order valence-corrected chi connectivity index (χ0v) is 12.9. The summed E-state index contributed by atoms with van der Waals surface area (Å²) in [6.45, 7) is 0.307. The predicted octanol–water partition coefficient (Wildman–Crippen LogP) is 2.67. The Morgan fingerprint density at radius 2 is 2.00 bits per heavy atom. The smallest absolute Gasteiger partial charge is 0.370 e. The molecular weight excluding hydrogens is 311 g/mol. The van der Waals surface area contributed by atoms with E-state index in [-0.39, 0.29) is 6.61 Å². The molecule has 1 aromatic carbocycles. The highest BCUT2D eigenvalue weighted by atomic mass is 19.4. The number of nitrogens with one attached hydrogen (secondary N) is 1. The molecule has 0 saturated heterocycles. The highest BCUT2D eigenvalue weighted by Crippen LogP contribution is 2.14. The third-order valence-corrected chi connectivity index (χ3v) is 2.85. The number of rotatable bonds is 6. The minimum absolute atomic E-state index is 0.226. The van der Waals surface area contributed by atoms with Crippen LogP contribution in [0.15, 0.2) is 24.3 Å². The Labute approximate surface area is 132 Å². The normalized spacial score (nSPS) is 12.3. The minimum atomic E-state index is -4.38. The molecule has 2 amide bonds. The Bertz CT molecular complexity index is 553. The lowest BCUT2D eigenvalue weighted by Crippen LogP contribution is -2.43. The Morgan fingerprint density at radius 1 is 1.39 bits per heavy atom. The van der Waals surface area contributed by atoms with Gasteiger partial charge in [0.05, 0.1) is 24.3 Å². The van der Waals surface area contributed by atoms with Gasteiger partial charge in [-0.15, -0.1) is 0 Å². The molecule has 0 unspecified atom stereocenters. The Kier molecular flexibility index (Phi) is 6.85. The number of urea groups is 1. The number of hydrogen-bond acceptors (Lipinski definition) is 3. The van der Waals surface area contributed by atoms with Crippen molar-refractivity contribution < 1.29 is 22.7 Å². The molecule has 0 aromatic heterocycles. The van der Waals surface area contributed by atoms with Crippen LogP contribution in [0.3, 0.4) is 0 Å². The zero-order chi connectivity index (χ0) is 17.5. The van der Waals surface area contributed by atoms with Crippen molar-refractivity contribution in [2.24, 2.45) is 0 Å². The van der Waals surface area contributed by atoms with Crippen LogP contribution in [0, 0.1) is 11.3 Å². The summed E-state index contributed by atoms with van der Waals surface area (Å²) >= 11 is 0. The molecule has 1 aromatic rings. The molecule has 0 aliphatic heterocycles. The van der Waals surface area contributed by atoms with E-state index in [2.05, 4.69) is 10.1 Å². The van der Waals surface area contributed by atoms with Crippen molar-refractivity contribution in [2.45, 2.75) is 25.7 Å². The van der Waals surface area contributed by atoms with E-state index < -0.39 is 24.9 Å². The molecule has 0 heterocycles. The number of carbonyl (C=O) groups excluding carboxylic acids is 1. The highest BCUT2D eigenvalue weighted by molar-refractivity contribution is 5.74. The van der Waals surface area contributed by atoms with Crippen molar-refractivity contribution in [3.8, 4) is 6.07 Å². The van der Waals surface area contributed by atoms with Crippen LogP contribution in [0.4, 0.5) is 18.0 Å². The van der Waals surface area contributed by atoms with E-state index in [1.54, 1.807) is 38.2 Å². The molecule has 1 rings (SSSR count). The maximum absolute atomic E-state index is 12.0. The highest BCUT2D eigenvalue weighted by Gasteiger charge is 2.27. The monoisotopic (exact) mass is 329 g/mol. The van der Waals surface area contributed by atoms with E-state index in [0.29, 0.717) is 12.1 Å². The van der Waals surface area contributed by atoms with Crippen LogP contribution in [0.25, 0.3) is 0 Å². The fourth-order valence-corrected chi connectivity index (χ4v) is 1.74. The average molecular weight is 329 g/mol. The van der Waals surface area contributed by atoms with E-state index in [4.69, 9.17) is 5.26 Å². The van der Waals surface area contributed by atoms with Gasteiger partial charge in [0, 0.05) is 13.6 Å². The molecule has 5 nitrogen and oxygen atoms in total. The summed E-state index contributed by atoms with van der Waals surface area (Å²) in [4.78, 5) is 13.3. The molecule has 0 aliphatic rings. The average Bonchev–Trinajstić information content (AvgIpc) is 2.46. The van der Waals surface area contributed by atoms with Crippen molar-refractivity contribution in [3.63, 3.8) is 0 Å². The van der Waals surface area contributed by atoms with E-state index in [9.17, 15) is 18.0 Å². The van der Waals surface area contributed by atoms with Gasteiger partial charge in [-0.3, -0.25) is 0 Å². The molecule has 0 saturated carbocycles. The summed E-state index contributed by atoms with van der Waals surface area (Å²) < 4.78 is 40.4. The van der Waals surface area contributed by atoms with Crippen molar-refractivity contribution in [2.75, 3.05) is 20.3 Å². The topological polar surface area (TPSA) is 65.4 Å². The van der Waals surface area contributed by atoms with E-state index in [1.165, 1.54) is 4.90 Å². The Balaban J connectivity index is 2.39. The summed E-state index contributed by atoms with van der Waals surface area (Å²) in [6, 6.07) is 7.80. The molecule has 0 fully saturated rings. The van der Waals surface area contributed by atoms with Gasteiger partial charge in [-0.1, -0.05) is 12.1 Å². The lowest BCUT2D eigenvalue weighted by atomic mass is 10.1. The molecule has 0 radical (unpaired) electrons. The van der Waals surface area contributed by atoms with Gasteiger partial charge in [0.25, 0.3) is 0 Å². The van der Waals surface area contributed by atoms with Gasteiger partial charge in [0.1, 0.15) is 6.61 Å². The van der Waals surface area contributed by atoms with Gasteiger partial charge in [-0.25, -0.2) is 4.79 Å². The second-order valence-corrected chi connectivity index (χ2v) is 5.15. The fourth-order valence-electron chi connectivity index (χ4n) is 1.74. The SMILES string of the molecule is C[C@@H](COCC(F)(F)F)NC(=O)N(C)Cc1ccc(C#N)cc1. The number of halogens is 3. The molecular formula is C15H18F3N3O2. The summed E-state index contributed by atoms with van der Waals surface area (Å²) in [6.07, 6.45) is -4.38. The lowest BCUT2D eigenvalue weighted by Gasteiger charge is -2.21. The first-order valence-corrected chi connectivity index (χ1v) is 6.86. The first kappa shape index (κ1) is 18.8. The first-order valence-electron chi connectivity index (χ1n) is 6.86. The van der Waals surface area contributed by atoms with Gasteiger partial charge in [0.15, 0.2) is 0 Å². The third kappa shape index (κ3) is 7.51. The number of ether oxygens (including phenoxy) is 1. The fraction of sp³-hybridized carbons (Fsp3) is 0.467. The van der Waals surface area contributed by atoms with Gasteiger partial charge < -0.3 is 15.0 Å². The maximum atomic E-state index is 12.0. The maximum Gasteiger partial charge on any atom is 0.411 e. The molecule has 1 atom stereocenters. The minimum Gasteiger partial charge on any atom is -0.370 e. The second kappa shape index (κ2) is 8.39. The van der Waals surface area contributed by atoms with Crippen LogP contribution in [0.5, 0.6) is 0 Å². The number of benzene rings is 1. The molecule has 126 valence electrons. The standard InChI is InChI=1S/C15H18F3N3O2/c1-11(9-23-10-15(16,17)18)20-14(22)21(2)8-13-5-3-12(7-19)4-6-13/h3-6,11H,8-10H2,1-2H3,(H,20,22)/t11-/m0/s1. The van der Waals surface area contributed by atoms with Gasteiger partial charge >= 0.3 is 12.2 Å². The summed E-state index contributed by atoms with van der Waals surface area (Å²) in [5, 5.41) is 11.3. The largest absolute Gasteiger partial charge is 0.411 e. The number of amides is 2. The van der Waals surface area contributed by atoms with E-state index >= 15 is 0 Å². The van der Waals surface area contributed by atoms with Crippen LogP contribution in [0.1, 0.15) is 18.1 Å². The number of carbonyl (C=O) groups is 1. The van der Waals surface area contributed by atoms with Crippen LogP contribution in [0.2, 0.25) is 0 Å². The molecule has 1 N–H and O–H groups in total. The van der Waals surface area contributed by atoms with Gasteiger partial charge in [-0.2, -0.15) is 18.4 Å². The number of hydrogen-bond donors (Lipinski definition) is 1. The third-order valence-electron chi connectivity index (χ3n) is 2.85. The predicted molar refractivity (Wildman–Crippen MR) is 77.5 cm³/mol. The molecule has 0 aliphatic carbocycles. The summed E-state index contributed by atoms with van der Waals surface area (Å²) in [7, 11) is 1.57. The van der Waals surface area contributed by atoms with Crippen LogP contribution < -0.4 is 5.32 Å². The van der Waals surface area contributed by atoms with E-state index in [1.807, 2.05) is 6.07 Å².